The van der Waals surface area contributed by atoms with Crippen molar-refractivity contribution >= 4 is 87.1 Å². The number of aromatic nitrogens is 5. The summed E-state index contributed by atoms with van der Waals surface area (Å²) in [4.78, 5) is 15.8. The number of pyridine rings is 1. The van der Waals surface area contributed by atoms with Crippen molar-refractivity contribution in [2.45, 2.75) is 0 Å². The average molecular weight is 610 g/mol. The molecule has 0 spiro atoms. The van der Waals surface area contributed by atoms with Crippen molar-refractivity contribution < 1.29 is 0 Å². The highest BCUT2D eigenvalue weighted by Crippen LogP contribution is 2.51. The molecule has 12 aromatic rings. The Morgan fingerprint density at radius 3 is 1.67 bits per heavy atom. The first-order valence-electron chi connectivity index (χ1n) is 16.3. The van der Waals surface area contributed by atoms with Crippen LogP contribution in [0.2, 0.25) is 0 Å². The number of hydrogen-bond acceptors (Lipinski definition) is 3. The Bertz CT molecular complexity index is 3200. The Labute approximate surface area is 272 Å². The van der Waals surface area contributed by atoms with Crippen molar-refractivity contribution in [1.82, 2.24) is 24.1 Å². The minimum atomic E-state index is 0.832. The van der Waals surface area contributed by atoms with Crippen LogP contribution in [0.3, 0.4) is 0 Å². The summed E-state index contributed by atoms with van der Waals surface area (Å²) in [7, 11) is 0. The molecule has 0 fully saturated rings. The molecular weight excluding hydrogens is 587 g/mol. The van der Waals surface area contributed by atoms with Crippen molar-refractivity contribution in [3.8, 4) is 22.8 Å². The summed E-state index contributed by atoms with van der Waals surface area (Å²) in [5.41, 5.74) is 10.3. The summed E-state index contributed by atoms with van der Waals surface area (Å²) in [6.07, 6.45) is 2.06. The zero-order valence-electron chi connectivity index (χ0n) is 25.5. The van der Waals surface area contributed by atoms with E-state index in [0.717, 1.165) is 55.9 Å². The third kappa shape index (κ3) is 2.91. The molecule has 8 aromatic carbocycles. The van der Waals surface area contributed by atoms with E-state index in [1.807, 2.05) is 24.3 Å². The van der Waals surface area contributed by atoms with Crippen LogP contribution >= 0.6 is 0 Å². The van der Waals surface area contributed by atoms with E-state index in [2.05, 4.69) is 125 Å². The fourth-order valence-electron chi connectivity index (χ4n) is 8.50. The van der Waals surface area contributed by atoms with E-state index in [0.29, 0.717) is 0 Å². The van der Waals surface area contributed by atoms with Crippen LogP contribution in [-0.4, -0.2) is 24.1 Å². The van der Waals surface area contributed by atoms with Crippen molar-refractivity contribution in [3.63, 3.8) is 0 Å². The van der Waals surface area contributed by atoms with Crippen molar-refractivity contribution in [3.05, 3.63) is 140 Å². The SMILES string of the molecule is c1ccc(-c2nc3ccccc3nc2-n2c3ccc4ccc5ccc6ncc7c8c6c5c4c3c3c8c(ccc32)n7-c2ccccc2)cc1. The van der Waals surface area contributed by atoms with Crippen LogP contribution in [0.15, 0.2) is 140 Å². The second-order valence-corrected chi connectivity index (χ2v) is 12.8. The molecule has 5 heteroatoms. The van der Waals surface area contributed by atoms with E-state index in [9.17, 15) is 0 Å². The van der Waals surface area contributed by atoms with Gasteiger partial charge in [-0.3, -0.25) is 9.55 Å². The zero-order valence-corrected chi connectivity index (χ0v) is 25.5. The Morgan fingerprint density at radius 1 is 0.375 bits per heavy atom. The number of nitrogens with zero attached hydrogens (tertiary/aromatic N) is 5. The molecule has 0 saturated carbocycles. The summed E-state index contributed by atoms with van der Waals surface area (Å²) < 4.78 is 4.75. The first-order valence-corrected chi connectivity index (χ1v) is 16.3. The third-order valence-electron chi connectivity index (χ3n) is 10.4. The molecule has 0 N–H and O–H groups in total. The lowest BCUT2D eigenvalue weighted by molar-refractivity contribution is 1.08. The smallest absolute Gasteiger partial charge is 0.165 e. The molecule has 0 amide bonds. The largest absolute Gasteiger partial charge is 0.308 e. The lowest BCUT2D eigenvalue weighted by Gasteiger charge is -2.14. The topological polar surface area (TPSA) is 48.5 Å². The molecule has 220 valence electrons. The zero-order chi connectivity index (χ0) is 31.1. The molecule has 4 aromatic heterocycles. The van der Waals surface area contributed by atoms with Gasteiger partial charge in [-0.2, -0.15) is 0 Å². The lowest BCUT2D eigenvalue weighted by Crippen LogP contribution is -2.03. The van der Waals surface area contributed by atoms with E-state index in [1.165, 1.54) is 54.0 Å². The molecule has 48 heavy (non-hydrogen) atoms. The second kappa shape index (κ2) is 8.60. The van der Waals surface area contributed by atoms with Crippen LogP contribution in [-0.2, 0) is 0 Å². The van der Waals surface area contributed by atoms with Gasteiger partial charge in [0, 0.05) is 49.0 Å². The number of benzene rings is 7. The van der Waals surface area contributed by atoms with Crippen LogP contribution in [0.4, 0.5) is 0 Å². The van der Waals surface area contributed by atoms with E-state index < -0.39 is 0 Å². The van der Waals surface area contributed by atoms with E-state index in [-0.39, 0.29) is 0 Å². The molecule has 0 bridgehead atoms. The van der Waals surface area contributed by atoms with E-state index in [4.69, 9.17) is 15.0 Å². The van der Waals surface area contributed by atoms with Gasteiger partial charge in [0.2, 0.25) is 0 Å². The molecular formula is C43H23N5. The van der Waals surface area contributed by atoms with Gasteiger partial charge in [-0.1, -0.05) is 84.9 Å². The predicted molar refractivity (Wildman–Crippen MR) is 198 cm³/mol. The minimum Gasteiger partial charge on any atom is -0.308 e. The Hall–Kier alpha value is -6.59. The molecule has 12 rings (SSSR count). The standard InChI is InChI=1S/C43H23N5/c1-3-9-26(10-4-1)42-43(46-29-14-8-7-13-28(29)45-42)48-32-20-18-25-16-15-24-17-19-30-37-35(24)36(25)38(32)40-33(48)22-21-31-39(40)41(37)34(23-44-30)47(31)27-11-5-2-6-12-27/h1-23H. The maximum atomic E-state index is 5.40. The average Bonchev–Trinajstić information content (AvgIpc) is 3.62. The van der Waals surface area contributed by atoms with Gasteiger partial charge in [-0.25, -0.2) is 9.97 Å². The summed E-state index contributed by atoms with van der Waals surface area (Å²) >= 11 is 0. The number of para-hydroxylation sites is 3. The molecule has 0 radical (unpaired) electrons. The maximum Gasteiger partial charge on any atom is 0.165 e. The van der Waals surface area contributed by atoms with Crippen molar-refractivity contribution in [2.75, 3.05) is 0 Å². The van der Waals surface area contributed by atoms with Gasteiger partial charge < -0.3 is 4.57 Å². The number of rotatable bonds is 3. The molecule has 0 aliphatic heterocycles. The summed E-state index contributed by atoms with van der Waals surface area (Å²) in [6, 6.07) is 47.4. The molecule has 0 aliphatic carbocycles. The van der Waals surface area contributed by atoms with Crippen LogP contribution in [0, 0.1) is 0 Å². The van der Waals surface area contributed by atoms with Gasteiger partial charge in [-0.05, 0) is 59.3 Å². The van der Waals surface area contributed by atoms with Crippen molar-refractivity contribution in [1.29, 1.82) is 0 Å². The van der Waals surface area contributed by atoms with Gasteiger partial charge in [0.15, 0.2) is 5.82 Å². The number of hydrogen-bond donors (Lipinski definition) is 0. The monoisotopic (exact) mass is 609 g/mol. The van der Waals surface area contributed by atoms with E-state index in [1.54, 1.807) is 0 Å². The number of fused-ring (bicyclic) bond motifs is 1. The maximum absolute atomic E-state index is 5.40. The molecule has 5 nitrogen and oxygen atoms in total. The lowest BCUT2D eigenvalue weighted by atomic mass is 9.96. The molecule has 4 heterocycles. The van der Waals surface area contributed by atoms with Crippen LogP contribution < -0.4 is 0 Å². The fourth-order valence-corrected chi connectivity index (χ4v) is 8.50. The quantitative estimate of drug-likeness (QED) is 0.187. The predicted octanol–water partition coefficient (Wildman–Crippen LogP) is 10.7. The first kappa shape index (κ1) is 24.6. The second-order valence-electron chi connectivity index (χ2n) is 12.8. The van der Waals surface area contributed by atoms with Gasteiger partial charge in [0.25, 0.3) is 0 Å². The molecule has 0 atom stereocenters. The Morgan fingerprint density at radius 2 is 0.917 bits per heavy atom. The van der Waals surface area contributed by atoms with Gasteiger partial charge in [0.05, 0.1) is 44.8 Å². The Balaban J connectivity index is 1.38. The molecule has 0 saturated heterocycles. The fraction of sp³-hybridized carbons (Fsp3) is 0. The Kier molecular flexibility index (Phi) is 4.41. The molecule has 0 aliphatic rings. The first-order chi connectivity index (χ1) is 23.8. The molecule has 0 unspecified atom stereocenters. The minimum absolute atomic E-state index is 0.832. The van der Waals surface area contributed by atoms with Gasteiger partial charge >= 0.3 is 0 Å². The summed E-state index contributed by atoms with van der Waals surface area (Å²) in [6.45, 7) is 0. The summed E-state index contributed by atoms with van der Waals surface area (Å²) in [5, 5.41) is 11.2. The highest BCUT2D eigenvalue weighted by atomic mass is 15.1. The van der Waals surface area contributed by atoms with Crippen LogP contribution in [0.1, 0.15) is 0 Å². The normalized spacial score (nSPS) is 12.6. The van der Waals surface area contributed by atoms with Crippen LogP contribution in [0.5, 0.6) is 0 Å². The van der Waals surface area contributed by atoms with Crippen molar-refractivity contribution in [2.24, 2.45) is 0 Å². The van der Waals surface area contributed by atoms with Crippen LogP contribution in [0.25, 0.3) is 110 Å². The highest BCUT2D eigenvalue weighted by Gasteiger charge is 2.28. The van der Waals surface area contributed by atoms with Gasteiger partial charge in [0.1, 0.15) is 5.69 Å². The van der Waals surface area contributed by atoms with Gasteiger partial charge in [-0.15, -0.1) is 0 Å². The summed E-state index contributed by atoms with van der Waals surface area (Å²) in [5.74, 6) is 0.832. The third-order valence-corrected chi connectivity index (χ3v) is 10.4. The highest BCUT2D eigenvalue weighted by molar-refractivity contribution is 6.45. The van der Waals surface area contributed by atoms with E-state index >= 15 is 0 Å².